The Balaban J connectivity index is 0.000000626. The van der Waals surface area contributed by atoms with E-state index in [-0.39, 0.29) is 11.4 Å². The highest BCUT2D eigenvalue weighted by Crippen LogP contribution is 2.30. The Labute approximate surface area is 128 Å². The Hall–Kier alpha value is -2.55. The minimum Gasteiger partial charge on any atom is -0.369 e. The van der Waals surface area contributed by atoms with Crippen molar-refractivity contribution in [2.24, 2.45) is 0 Å². The molecule has 1 aromatic rings. The predicted molar refractivity (Wildman–Crippen MR) is 83.3 cm³/mol. The summed E-state index contributed by atoms with van der Waals surface area (Å²) in [5.41, 5.74) is -0.156. The summed E-state index contributed by atoms with van der Waals surface area (Å²) in [6.07, 6.45) is 0.875. The third-order valence-electron chi connectivity index (χ3n) is 2.69. The molecule has 0 radical (unpaired) electrons. The van der Waals surface area contributed by atoms with Gasteiger partial charge in [-0.2, -0.15) is 0 Å². The van der Waals surface area contributed by atoms with Gasteiger partial charge in [-0.1, -0.05) is 0 Å². The Morgan fingerprint density at radius 2 is 1.73 bits per heavy atom. The molecule has 9 nitrogen and oxygen atoms in total. The molecule has 0 saturated carbocycles. The molecule has 0 fully saturated rings. The first-order valence-corrected chi connectivity index (χ1v) is 6.46. The molecule has 1 rings (SSSR count). The topological polar surface area (TPSA) is 110 Å². The third-order valence-corrected chi connectivity index (χ3v) is 2.69. The van der Waals surface area contributed by atoms with E-state index < -0.39 is 9.85 Å². The van der Waals surface area contributed by atoms with Gasteiger partial charge < -0.3 is 14.6 Å². The average Bonchev–Trinajstić information content (AvgIpc) is 2.46. The summed E-state index contributed by atoms with van der Waals surface area (Å²) in [4.78, 5) is 33.0. The average molecular weight is 312 g/mol. The molecule has 0 N–H and O–H groups in total. The fourth-order valence-corrected chi connectivity index (χ4v) is 1.41. The minimum absolute atomic E-state index is 0.251. The van der Waals surface area contributed by atoms with E-state index in [0.29, 0.717) is 18.8 Å². The van der Waals surface area contributed by atoms with E-state index >= 15 is 0 Å². The van der Waals surface area contributed by atoms with E-state index in [2.05, 4.69) is 0 Å². The molecule has 1 aromatic carbocycles. The van der Waals surface area contributed by atoms with Gasteiger partial charge in [0, 0.05) is 19.7 Å². The standard InChI is InChI=1S/C9H11N3O4.C4H9NO/c1-3-10(2)8-5-4-7(11(13)14)6-9(8)12(15)16;1-5(2)3-4-6/h4-6H,3H2,1-2H3;4H,3H2,1-2H3. The maximum absolute atomic E-state index is 10.8. The van der Waals surface area contributed by atoms with Crippen LogP contribution in [-0.2, 0) is 4.79 Å². The molecule has 0 aliphatic heterocycles. The van der Waals surface area contributed by atoms with Crippen LogP contribution in [0.3, 0.4) is 0 Å². The zero-order valence-corrected chi connectivity index (χ0v) is 13.1. The van der Waals surface area contributed by atoms with Crippen LogP contribution in [-0.4, -0.2) is 55.3 Å². The number of carbonyl (C=O) groups excluding carboxylic acids is 1. The zero-order chi connectivity index (χ0) is 17.3. The number of benzene rings is 1. The first kappa shape index (κ1) is 19.4. The van der Waals surface area contributed by atoms with Gasteiger partial charge in [0.15, 0.2) is 0 Å². The van der Waals surface area contributed by atoms with Crippen molar-refractivity contribution < 1.29 is 14.6 Å². The number of nitro benzene ring substituents is 2. The second kappa shape index (κ2) is 9.40. The smallest absolute Gasteiger partial charge is 0.299 e. The SMILES string of the molecule is CCN(C)c1ccc([N+](=O)[O-])cc1[N+](=O)[O-].CN(C)CC=O. The lowest BCUT2D eigenvalue weighted by atomic mass is 10.2. The monoisotopic (exact) mass is 312 g/mol. The summed E-state index contributed by atoms with van der Waals surface area (Å²) in [5, 5.41) is 21.3. The van der Waals surface area contributed by atoms with Gasteiger partial charge in [0.1, 0.15) is 12.0 Å². The summed E-state index contributed by atoms with van der Waals surface area (Å²) in [5.74, 6) is 0. The maximum atomic E-state index is 10.8. The Morgan fingerprint density at radius 3 is 2.05 bits per heavy atom. The van der Waals surface area contributed by atoms with Gasteiger partial charge in [-0.3, -0.25) is 20.2 Å². The van der Waals surface area contributed by atoms with Crippen molar-refractivity contribution >= 4 is 23.3 Å². The van der Waals surface area contributed by atoms with Gasteiger partial charge >= 0.3 is 0 Å². The second-order valence-corrected chi connectivity index (χ2v) is 4.63. The number of rotatable bonds is 6. The number of hydrogen-bond donors (Lipinski definition) is 0. The molecule has 0 bridgehead atoms. The molecule has 0 aromatic heterocycles. The molecule has 0 atom stereocenters. The number of carbonyl (C=O) groups is 1. The van der Waals surface area contributed by atoms with Crippen LogP contribution in [0, 0.1) is 20.2 Å². The van der Waals surface area contributed by atoms with E-state index in [1.54, 1.807) is 11.9 Å². The molecule has 9 heteroatoms. The molecule has 0 saturated heterocycles. The van der Waals surface area contributed by atoms with Crippen LogP contribution in [0.5, 0.6) is 0 Å². The number of non-ortho nitro benzene ring substituents is 1. The molecular formula is C13H20N4O5. The Kier molecular flexibility index (Phi) is 8.31. The zero-order valence-electron chi connectivity index (χ0n) is 13.1. The number of aldehydes is 1. The molecular weight excluding hydrogens is 292 g/mol. The van der Waals surface area contributed by atoms with E-state index in [1.807, 2.05) is 25.9 Å². The third kappa shape index (κ3) is 6.27. The van der Waals surface area contributed by atoms with Crippen LogP contribution < -0.4 is 4.90 Å². The number of nitrogens with zero attached hydrogens (tertiary/aromatic N) is 4. The van der Waals surface area contributed by atoms with Crippen LogP contribution in [0.15, 0.2) is 18.2 Å². The molecule has 0 unspecified atom stereocenters. The minimum atomic E-state index is -0.650. The van der Waals surface area contributed by atoms with Gasteiger partial charge in [-0.25, -0.2) is 0 Å². The van der Waals surface area contributed by atoms with Crippen LogP contribution in [0.25, 0.3) is 0 Å². The quantitative estimate of drug-likeness (QED) is 0.446. The highest BCUT2D eigenvalue weighted by Gasteiger charge is 2.20. The lowest BCUT2D eigenvalue weighted by Gasteiger charge is -2.16. The van der Waals surface area contributed by atoms with Gasteiger partial charge in [-0.05, 0) is 27.1 Å². The fourth-order valence-electron chi connectivity index (χ4n) is 1.41. The van der Waals surface area contributed by atoms with Gasteiger partial charge in [0.2, 0.25) is 0 Å². The van der Waals surface area contributed by atoms with Gasteiger partial charge in [0.25, 0.3) is 11.4 Å². The van der Waals surface area contributed by atoms with E-state index in [9.17, 15) is 25.0 Å². The summed E-state index contributed by atoms with van der Waals surface area (Å²) in [6, 6.07) is 3.62. The second-order valence-electron chi connectivity index (χ2n) is 4.63. The van der Waals surface area contributed by atoms with Crippen LogP contribution in [0.4, 0.5) is 17.1 Å². The van der Waals surface area contributed by atoms with Crippen molar-refractivity contribution in [1.29, 1.82) is 0 Å². The molecule has 0 heterocycles. The molecule has 0 spiro atoms. The van der Waals surface area contributed by atoms with Crippen molar-refractivity contribution in [2.75, 3.05) is 39.1 Å². The summed E-state index contributed by atoms with van der Waals surface area (Å²) < 4.78 is 0. The first-order valence-electron chi connectivity index (χ1n) is 6.46. The van der Waals surface area contributed by atoms with Gasteiger partial charge in [0.05, 0.1) is 22.5 Å². The molecule has 0 amide bonds. The highest BCUT2D eigenvalue weighted by atomic mass is 16.6. The molecule has 0 aliphatic rings. The lowest BCUT2D eigenvalue weighted by Crippen LogP contribution is -2.17. The number of likely N-dealkylation sites (N-methyl/N-ethyl adjacent to an activating group) is 1. The van der Waals surface area contributed by atoms with Crippen LogP contribution in [0.1, 0.15) is 6.92 Å². The normalized spacial score (nSPS) is 9.68. The Bertz CT molecular complexity index is 533. The number of anilines is 1. The summed E-state index contributed by atoms with van der Waals surface area (Å²) >= 11 is 0. The molecule has 122 valence electrons. The molecule has 0 aliphatic carbocycles. The molecule has 22 heavy (non-hydrogen) atoms. The fraction of sp³-hybridized carbons (Fsp3) is 0.462. The predicted octanol–water partition coefficient (Wildman–Crippen LogP) is 1.71. The highest BCUT2D eigenvalue weighted by molar-refractivity contribution is 5.66. The van der Waals surface area contributed by atoms with Crippen molar-refractivity contribution in [3.63, 3.8) is 0 Å². The summed E-state index contributed by atoms with van der Waals surface area (Å²) in [6.45, 7) is 2.95. The Morgan fingerprint density at radius 1 is 1.14 bits per heavy atom. The van der Waals surface area contributed by atoms with E-state index in [0.717, 1.165) is 12.4 Å². The van der Waals surface area contributed by atoms with Crippen molar-refractivity contribution in [3.05, 3.63) is 38.4 Å². The lowest BCUT2D eigenvalue weighted by molar-refractivity contribution is -0.393. The maximum Gasteiger partial charge on any atom is 0.299 e. The van der Waals surface area contributed by atoms with E-state index in [4.69, 9.17) is 0 Å². The number of nitro groups is 2. The van der Waals surface area contributed by atoms with Gasteiger partial charge in [-0.15, -0.1) is 0 Å². The van der Waals surface area contributed by atoms with Crippen LogP contribution in [0.2, 0.25) is 0 Å². The number of hydrogen-bond acceptors (Lipinski definition) is 7. The van der Waals surface area contributed by atoms with E-state index in [1.165, 1.54) is 12.1 Å². The summed E-state index contributed by atoms with van der Waals surface area (Å²) in [7, 11) is 5.40. The van der Waals surface area contributed by atoms with Crippen molar-refractivity contribution in [3.8, 4) is 0 Å². The van der Waals surface area contributed by atoms with Crippen molar-refractivity contribution in [2.45, 2.75) is 6.92 Å². The van der Waals surface area contributed by atoms with Crippen LogP contribution >= 0.6 is 0 Å². The largest absolute Gasteiger partial charge is 0.369 e. The van der Waals surface area contributed by atoms with Crippen molar-refractivity contribution in [1.82, 2.24) is 4.90 Å². The first-order chi connectivity index (χ1) is 10.2.